The molecule has 0 heterocycles. The molecule has 126 valence electrons. The average molecular weight is 325 g/mol. The highest BCUT2D eigenvalue weighted by molar-refractivity contribution is 5.94. The summed E-state index contributed by atoms with van der Waals surface area (Å²) in [5, 5.41) is 6.08. The number of nitrogens with one attached hydrogen (secondary N) is 2. The minimum atomic E-state index is -0.483. The minimum Gasteiger partial charge on any atom is -0.366 e. The zero-order valence-electron chi connectivity index (χ0n) is 14.1. The third-order valence-corrected chi connectivity index (χ3v) is 4.01. The second-order valence-electron chi connectivity index (χ2n) is 5.78. The number of aryl methyl sites for hydroxylation is 1. The van der Waals surface area contributed by atoms with E-state index in [4.69, 9.17) is 5.73 Å². The molecule has 2 amide bonds. The average Bonchev–Trinajstić information content (AvgIpc) is 2.55. The Labute approximate surface area is 142 Å². The van der Waals surface area contributed by atoms with E-state index < -0.39 is 5.91 Å². The molecule has 2 aromatic carbocycles. The van der Waals surface area contributed by atoms with Gasteiger partial charge in [0.25, 0.3) is 0 Å². The second-order valence-corrected chi connectivity index (χ2v) is 5.78. The lowest BCUT2D eigenvalue weighted by Gasteiger charge is -2.10. The SMILES string of the molecule is Cc1cccc(CNCCC(=O)Nc2ccc(C(N)=O)cc2)c1C. The first-order valence-electron chi connectivity index (χ1n) is 7.93. The van der Waals surface area contributed by atoms with E-state index in [1.165, 1.54) is 16.7 Å². The zero-order valence-corrected chi connectivity index (χ0v) is 14.1. The van der Waals surface area contributed by atoms with Gasteiger partial charge < -0.3 is 16.4 Å². The molecule has 2 aromatic rings. The van der Waals surface area contributed by atoms with Gasteiger partial charge in [-0.05, 0) is 54.8 Å². The van der Waals surface area contributed by atoms with Crippen LogP contribution < -0.4 is 16.4 Å². The highest BCUT2D eigenvalue weighted by Gasteiger charge is 2.05. The molecule has 0 aliphatic heterocycles. The van der Waals surface area contributed by atoms with Gasteiger partial charge in [0.15, 0.2) is 0 Å². The molecule has 0 aromatic heterocycles. The van der Waals surface area contributed by atoms with Crippen LogP contribution in [0.1, 0.15) is 33.5 Å². The van der Waals surface area contributed by atoms with Gasteiger partial charge >= 0.3 is 0 Å². The number of benzene rings is 2. The summed E-state index contributed by atoms with van der Waals surface area (Å²) in [5.74, 6) is -0.557. The van der Waals surface area contributed by atoms with Gasteiger partial charge in [-0.2, -0.15) is 0 Å². The van der Waals surface area contributed by atoms with Crippen LogP contribution in [0.4, 0.5) is 5.69 Å². The smallest absolute Gasteiger partial charge is 0.248 e. The van der Waals surface area contributed by atoms with Crippen molar-refractivity contribution >= 4 is 17.5 Å². The summed E-state index contributed by atoms with van der Waals surface area (Å²) in [7, 11) is 0. The number of nitrogens with two attached hydrogens (primary N) is 1. The molecule has 24 heavy (non-hydrogen) atoms. The van der Waals surface area contributed by atoms with Gasteiger partial charge in [0.05, 0.1) is 0 Å². The maximum Gasteiger partial charge on any atom is 0.248 e. The molecule has 0 radical (unpaired) electrons. The van der Waals surface area contributed by atoms with Gasteiger partial charge in [0.1, 0.15) is 0 Å². The van der Waals surface area contributed by atoms with Crippen LogP contribution in [-0.2, 0) is 11.3 Å². The lowest BCUT2D eigenvalue weighted by Crippen LogP contribution is -2.22. The van der Waals surface area contributed by atoms with Crippen LogP contribution in [0.2, 0.25) is 0 Å². The molecule has 5 nitrogen and oxygen atoms in total. The number of carbonyl (C=O) groups is 2. The van der Waals surface area contributed by atoms with E-state index in [-0.39, 0.29) is 5.91 Å². The Bertz CT molecular complexity index is 724. The number of rotatable bonds is 7. The van der Waals surface area contributed by atoms with E-state index in [0.29, 0.717) is 24.2 Å². The highest BCUT2D eigenvalue weighted by atomic mass is 16.2. The fourth-order valence-corrected chi connectivity index (χ4v) is 2.37. The lowest BCUT2D eigenvalue weighted by molar-refractivity contribution is -0.116. The van der Waals surface area contributed by atoms with Crippen molar-refractivity contribution in [3.8, 4) is 0 Å². The van der Waals surface area contributed by atoms with Crippen molar-refractivity contribution in [2.75, 3.05) is 11.9 Å². The first kappa shape index (κ1) is 17.7. The van der Waals surface area contributed by atoms with E-state index in [1.807, 2.05) is 6.07 Å². The fourth-order valence-electron chi connectivity index (χ4n) is 2.37. The van der Waals surface area contributed by atoms with E-state index >= 15 is 0 Å². The van der Waals surface area contributed by atoms with Gasteiger partial charge in [-0.3, -0.25) is 9.59 Å². The van der Waals surface area contributed by atoms with Crippen molar-refractivity contribution in [3.05, 3.63) is 64.7 Å². The van der Waals surface area contributed by atoms with Crippen molar-refractivity contribution in [1.29, 1.82) is 0 Å². The Morgan fingerprint density at radius 3 is 2.42 bits per heavy atom. The summed E-state index contributed by atoms with van der Waals surface area (Å²) in [6, 6.07) is 12.8. The molecule has 2 rings (SSSR count). The Kier molecular flexibility index (Phi) is 6.09. The molecule has 0 fully saturated rings. The highest BCUT2D eigenvalue weighted by Crippen LogP contribution is 2.12. The van der Waals surface area contributed by atoms with Crippen molar-refractivity contribution in [2.45, 2.75) is 26.8 Å². The monoisotopic (exact) mass is 325 g/mol. The molecule has 0 spiro atoms. The summed E-state index contributed by atoms with van der Waals surface area (Å²) in [6.45, 7) is 5.54. The Balaban J connectivity index is 1.75. The summed E-state index contributed by atoms with van der Waals surface area (Å²) in [5.41, 5.74) is 10.1. The molecular weight excluding hydrogens is 302 g/mol. The van der Waals surface area contributed by atoms with Gasteiger partial charge in [-0.25, -0.2) is 0 Å². The van der Waals surface area contributed by atoms with Gasteiger partial charge in [0, 0.05) is 30.8 Å². The largest absolute Gasteiger partial charge is 0.366 e. The van der Waals surface area contributed by atoms with E-state index in [1.54, 1.807) is 24.3 Å². The first-order valence-corrected chi connectivity index (χ1v) is 7.93. The van der Waals surface area contributed by atoms with Crippen LogP contribution in [0.5, 0.6) is 0 Å². The molecular formula is C19H23N3O2. The molecule has 0 saturated heterocycles. The van der Waals surface area contributed by atoms with Crippen LogP contribution in [0.3, 0.4) is 0 Å². The third-order valence-electron chi connectivity index (χ3n) is 4.01. The van der Waals surface area contributed by atoms with Crippen LogP contribution in [0, 0.1) is 13.8 Å². The first-order chi connectivity index (χ1) is 11.5. The molecule has 0 bridgehead atoms. The number of hydrogen-bond donors (Lipinski definition) is 3. The standard InChI is InChI=1S/C19H23N3O2/c1-13-4-3-5-16(14(13)2)12-21-11-10-18(23)22-17-8-6-15(7-9-17)19(20)24/h3-9,21H,10-12H2,1-2H3,(H2,20,24)(H,22,23). The molecule has 0 unspecified atom stereocenters. The van der Waals surface area contributed by atoms with Crippen molar-refractivity contribution < 1.29 is 9.59 Å². The van der Waals surface area contributed by atoms with Crippen LogP contribution >= 0.6 is 0 Å². The molecule has 0 saturated carbocycles. The number of anilines is 1. The van der Waals surface area contributed by atoms with Gasteiger partial charge in [-0.1, -0.05) is 18.2 Å². The zero-order chi connectivity index (χ0) is 17.5. The normalized spacial score (nSPS) is 10.4. The quantitative estimate of drug-likeness (QED) is 0.684. The second kappa shape index (κ2) is 8.26. The predicted molar refractivity (Wildman–Crippen MR) is 95.8 cm³/mol. The number of amides is 2. The van der Waals surface area contributed by atoms with Gasteiger partial charge in [-0.15, -0.1) is 0 Å². The third kappa shape index (κ3) is 4.93. The summed E-state index contributed by atoms with van der Waals surface area (Å²) in [6.07, 6.45) is 0.377. The van der Waals surface area contributed by atoms with Crippen molar-refractivity contribution in [1.82, 2.24) is 5.32 Å². The number of carbonyl (C=O) groups excluding carboxylic acids is 2. The van der Waals surface area contributed by atoms with E-state index in [2.05, 4.69) is 36.6 Å². The maximum atomic E-state index is 11.9. The molecule has 0 aliphatic rings. The topological polar surface area (TPSA) is 84.2 Å². The van der Waals surface area contributed by atoms with E-state index in [0.717, 1.165) is 6.54 Å². The maximum absolute atomic E-state index is 11.9. The molecule has 4 N–H and O–H groups in total. The number of primary amides is 1. The van der Waals surface area contributed by atoms with Crippen LogP contribution in [0.15, 0.2) is 42.5 Å². The van der Waals surface area contributed by atoms with Gasteiger partial charge in [0.2, 0.25) is 11.8 Å². The Morgan fingerprint density at radius 2 is 1.75 bits per heavy atom. The Hall–Kier alpha value is -2.66. The summed E-state index contributed by atoms with van der Waals surface area (Å²) in [4.78, 5) is 22.9. The fraction of sp³-hybridized carbons (Fsp3) is 0.263. The molecule has 0 aliphatic carbocycles. The Morgan fingerprint density at radius 1 is 1.04 bits per heavy atom. The van der Waals surface area contributed by atoms with Crippen LogP contribution in [0.25, 0.3) is 0 Å². The molecule has 0 atom stereocenters. The molecule has 5 heteroatoms. The predicted octanol–water partition coefficient (Wildman–Crippen LogP) is 2.52. The van der Waals surface area contributed by atoms with Crippen molar-refractivity contribution in [3.63, 3.8) is 0 Å². The minimum absolute atomic E-state index is 0.0738. The van der Waals surface area contributed by atoms with Crippen molar-refractivity contribution in [2.24, 2.45) is 5.73 Å². The summed E-state index contributed by atoms with van der Waals surface area (Å²) >= 11 is 0. The lowest BCUT2D eigenvalue weighted by atomic mass is 10.0. The van der Waals surface area contributed by atoms with Crippen LogP contribution in [-0.4, -0.2) is 18.4 Å². The van der Waals surface area contributed by atoms with E-state index in [9.17, 15) is 9.59 Å². The summed E-state index contributed by atoms with van der Waals surface area (Å²) < 4.78 is 0. The number of hydrogen-bond acceptors (Lipinski definition) is 3.